The molecule has 0 saturated carbocycles. The molecular formula is C20H31F2N5O2. The average Bonchev–Trinajstić information content (AvgIpc) is 2.71. The van der Waals surface area contributed by atoms with Crippen molar-refractivity contribution < 1.29 is 18.3 Å². The zero-order valence-electron chi connectivity index (χ0n) is 16.9. The van der Waals surface area contributed by atoms with Crippen LogP contribution in [0.3, 0.4) is 0 Å². The number of guanidine groups is 1. The Hall–Kier alpha value is -2.42. The number of ether oxygens (including phenoxy) is 1. The minimum Gasteiger partial charge on any atom is -0.434 e. The summed E-state index contributed by atoms with van der Waals surface area (Å²) in [7, 11) is 1.67. The van der Waals surface area contributed by atoms with Gasteiger partial charge >= 0.3 is 6.61 Å². The second kappa shape index (κ2) is 12.2. The van der Waals surface area contributed by atoms with Crippen LogP contribution in [0.25, 0.3) is 0 Å². The number of rotatable bonds is 10. The van der Waals surface area contributed by atoms with E-state index in [9.17, 15) is 13.6 Å². The van der Waals surface area contributed by atoms with Gasteiger partial charge in [-0.1, -0.05) is 18.2 Å². The van der Waals surface area contributed by atoms with Gasteiger partial charge in [0.15, 0.2) is 5.96 Å². The van der Waals surface area contributed by atoms with Crippen LogP contribution in [-0.2, 0) is 11.3 Å². The summed E-state index contributed by atoms with van der Waals surface area (Å²) in [6.07, 6.45) is 3.71. The molecule has 1 aliphatic heterocycles. The predicted octanol–water partition coefficient (Wildman–Crippen LogP) is 1.93. The lowest BCUT2D eigenvalue weighted by Crippen LogP contribution is -2.39. The van der Waals surface area contributed by atoms with E-state index in [4.69, 9.17) is 5.73 Å². The maximum atomic E-state index is 12.5. The Morgan fingerprint density at radius 3 is 2.66 bits per heavy atom. The molecule has 0 aliphatic carbocycles. The number of halogens is 2. The lowest BCUT2D eigenvalue weighted by Gasteiger charge is -2.30. The normalized spacial score (nSPS) is 16.1. The summed E-state index contributed by atoms with van der Waals surface area (Å²) >= 11 is 0. The van der Waals surface area contributed by atoms with Gasteiger partial charge in [-0.05, 0) is 51.4 Å². The summed E-state index contributed by atoms with van der Waals surface area (Å²) < 4.78 is 29.5. The number of aliphatic imine (C=N–C) groups is 1. The molecule has 1 fully saturated rings. The molecule has 2 rings (SSSR count). The molecule has 0 aromatic heterocycles. The Morgan fingerprint density at radius 2 is 2.00 bits per heavy atom. The second-order valence-electron chi connectivity index (χ2n) is 7.06. The van der Waals surface area contributed by atoms with Gasteiger partial charge in [0, 0.05) is 31.6 Å². The van der Waals surface area contributed by atoms with Crippen LogP contribution >= 0.6 is 0 Å². The van der Waals surface area contributed by atoms with Crippen LogP contribution in [0.1, 0.15) is 31.2 Å². The number of carbonyl (C=O) groups excluding carboxylic acids is 1. The van der Waals surface area contributed by atoms with Gasteiger partial charge in [-0.2, -0.15) is 8.78 Å². The average molecular weight is 411 g/mol. The van der Waals surface area contributed by atoms with E-state index in [0.717, 1.165) is 51.9 Å². The summed E-state index contributed by atoms with van der Waals surface area (Å²) in [5.74, 6) is 0.611. The molecular weight excluding hydrogens is 380 g/mol. The monoisotopic (exact) mass is 411 g/mol. The number of nitrogens with two attached hydrogens (primary N) is 1. The maximum absolute atomic E-state index is 12.5. The molecule has 1 aromatic rings. The molecule has 0 bridgehead atoms. The van der Waals surface area contributed by atoms with Crippen LogP contribution in [0.5, 0.6) is 5.75 Å². The van der Waals surface area contributed by atoms with Gasteiger partial charge in [0.25, 0.3) is 0 Å². The van der Waals surface area contributed by atoms with Crippen molar-refractivity contribution in [2.24, 2.45) is 16.6 Å². The molecule has 1 amide bonds. The number of para-hydroxylation sites is 1. The number of nitrogens with one attached hydrogen (secondary N) is 2. The largest absolute Gasteiger partial charge is 0.434 e. The fourth-order valence-electron chi connectivity index (χ4n) is 3.37. The highest BCUT2D eigenvalue weighted by Crippen LogP contribution is 2.20. The van der Waals surface area contributed by atoms with E-state index in [2.05, 4.69) is 25.3 Å². The quantitative estimate of drug-likeness (QED) is 0.311. The van der Waals surface area contributed by atoms with Gasteiger partial charge < -0.3 is 26.0 Å². The molecule has 0 unspecified atom stereocenters. The summed E-state index contributed by atoms with van der Waals surface area (Å²) in [5.41, 5.74) is 6.00. The van der Waals surface area contributed by atoms with E-state index in [1.807, 2.05) is 0 Å². The lowest BCUT2D eigenvalue weighted by molar-refractivity contribution is -0.123. The molecule has 1 aliphatic rings. The van der Waals surface area contributed by atoms with E-state index >= 15 is 0 Å². The Bertz CT molecular complexity index is 664. The molecule has 9 heteroatoms. The first-order valence-corrected chi connectivity index (χ1v) is 9.98. The number of benzene rings is 1. The van der Waals surface area contributed by atoms with E-state index in [1.54, 1.807) is 25.2 Å². The van der Waals surface area contributed by atoms with Crippen LogP contribution in [0, 0.1) is 5.92 Å². The molecule has 29 heavy (non-hydrogen) atoms. The molecule has 1 aromatic carbocycles. The molecule has 1 saturated heterocycles. The summed E-state index contributed by atoms with van der Waals surface area (Å²) in [5, 5.41) is 6.34. The van der Waals surface area contributed by atoms with Crippen molar-refractivity contribution >= 4 is 11.9 Å². The van der Waals surface area contributed by atoms with Crippen molar-refractivity contribution in [2.75, 3.05) is 33.2 Å². The standard InChI is InChI=1S/C20H31F2N5O2/c1-24-20(26-14-16-6-2-3-7-17(16)29-19(21)22)25-10-4-5-11-27-12-8-15(9-13-27)18(23)28/h2-3,6-7,15,19H,4-5,8-14H2,1H3,(H2,23,28)(H2,24,25,26). The predicted molar refractivity (Wildman–Crippen MR) is 109 cm³/mol. The summed E-state index contributed by atoms with van der Waals surface area (Å²) in [6, 6.07) is 6.69. The zero-order chi connectivity index (χ0) is 21.1. The van der Waals surface area contributed by atoms with Crippen LogP contribution in [-0.4, -0.2) is 56.6 Å². The molecule has 162 valence electrons. The number of hydrogen-bond acceptors (Lipinski definition) is 4. The molecule has 7 nitrogen and oxygen atoms in total. The SMILES string of the molecule is CN=C(NCCCCN1CCC(C(N)=O)CC1)NCc1ccccc1OC(F)F. The van der Waals surface area contributed by atoms with E-state index < -0.39 is 6.61 Å². The van der Waals surface area contributed by atoms with Crippen LogP contribution in [0.15, 0.2) is 29.3 Å². The van der Waals surface area contributed by atoms with Crippen LogP contribution in [0.2, 0.25) is 0 Å². The van der Waals surface area contributed by atoms with Gasteiger partial charge in [0.05, 0.1) is 0 Å². The Kier molecular flexibility index (Phi) is 9.63. The minimum absolute atomic E-state index is 0.0264. The van der Waals surface area contributed by atoms with Crippen molar-refractivity contribution in [2.45, 2.75) is 38.8 Å². The fourth-order valence-corrected chi connectivity index (χ4v) is 3.37. The van der Waals surface area contributed by atoms with Crippen LogP contribution in [0.4, 0.5) is 8.78 Å². The highest BCUT2D eigenvalue weighted by atomic mass is 19.3. The summed E-state index contributed by atoms with van der Waals surface area (Å²) in [4.78, 5) is 17.7. The molecule has 1 heterocycles. The van der Waals surface area contributed by atoms with Crippen molar-refractivity contribution in [3.63, 3.8) is 0 Å². The van der Waals surface area contributed by atoms with Crippen LogP contribution < -0.4 is 21.1 Å². The third kappa shape index (κ3) is 8.23. The number of likely N-dealkylation sites (tertiary alicyclic amines) is 1. The minimum atomic E-state index is -2.85. The Morgan fingerprint density at radius 1 is 1.28 bits per heavy atom. The third-order valence-electron chi connectivity index (χ3n) is 5.04. The fraction of sp³-hybridized carbons (Fsp3) is 0.600. The number of carbonyl (C=O) groups is 1. The van der Waals surface area contributed by atoms with Gasteiger partial charge in [-0.25, -0.2) is 0 Å². The highest BCUT2D eigenvalue weighted by Gasteiger charge is 2.22. The molecule has 0 radical (unpaired) electrons. The first-order valence-electron chi connectivity index (χ1n) is 9.98. The van der Waals surface area contributed by atoms with Crippen molar-refractivity contribution in [1.82, 2.24) is 15.5 Å². The van der Waals surface area contributed by atoms with Gasteiger partial charge in [0.2, 0.25) is 5.91 Å². The number of nitrogens with zero attached hydrogens (tertiary/aromatic N) is 2. The van der Waals surface area contributed by atoms with Crippen molar-refractivity contribution in [3.8, 4) is 5.75 Å². The highest BCUT2D eigenvalue weighted by molar-refractivity contribution is 5.79. The number of amides is 1. The number of alkyl halides is 2. The first-order chi connectivity index (χ1) is 14.0. The first kappa shape index (κ1) is 22.9. The van der Waals surface area contributed by atoms with E-state index in [-0.39, 0.29) is 17.6 Å². The smallest absolute Gasteiger partial charge is 0.387 e. The topological polar surface area (TPSA) is 92.0 Å². The zero-order valence-corrected chi connectivity index (χ0v) is 16.9. The number of hydrogen-bond donors (Lipinski definition) is 3. The maximum Gasteiger partial charge on any atom is 0.387 e. The van der Waals surface area contributed by atoms with Gasteiger partial charge in [-0.3, -0.25) is 9.79 Å². The van der Waals surface area contributed by atoms with Gasteiger partial charge in [0.1, 0.15) is 5.75 Å². The number of unbranched alkanes of at least 4 members (excludes halogenated alkanes) is 1. The Balaban J connectivity index is 1.63. The number of piperidine rings is 1. The lowest BCUT2D eigenvalue weighted by atomic mass is 9.96. The number of primary amides is 1. The van der Waals surface area contributed by atoms with Crippen molar-refractivity contribution in [3.05, 3.63) is 29.8 Å². The second-order valence-corrected chi connectivity index (χ2v) is 7.06. The summed E-state index contributed by atoms with van der Waals surface area (Å²) in [6.45, 7) is 1.08. The van der Waals surface area contributed by atoms with Crippen molar-refractivity contribution in [1.29, 1.82) is 0 Å². The molecule has 0 atom stereocenters. The van der Waals surface area contributed by atoms with E-state index in [1.165, 1.54) is 6.07 Å². The molecule has 4 N–H and O–H groups in total. The molecule has 0 spiro atoms. The van der Waals surface area contributed by atoms with E-state index in [0.29, 0.717) is 18.1 Å². The Labute approximate surface area is 170 Å². The van der Waals surface area contributed by atoms with Gasteiger partial charge in [-0.15, -0.1) is 0 Å². The third-order valence-corrected chi connectivity index (χ3v) is 5.04.